The average Bonchev–Trinajstić information content (AvgIpc) is 2.50. The van der Waals surface area contributed by atoms with Crippen LogP contribution in [0.3, 0.4) is 0 Å². The maximum absolute atomic E-state index is 12.2. The molecule has 0 saturated heterocycles. The molecule has 0 amide bonds. The van der Waals surface area contributed by atoms with Crippen LogP contribution in [0.1, 0.15) is 31.7 Å². The zero-order chi connectivity index (χ0) is 15.3. The number of ether oxygens (including phenoxy) is 1. The monoisotopic (exact) mass is 289 g/mol. The van der Waals surface area contributed by atoms with Crippen molar-refractivity contribution in [2.24, 2.45) is 0 Å². The fourth-order valence-electron chi connectivity index (χ4n) is 2.88. The summed E-state index contributed by atoms with van der Waals surface area (Å²) in [5.74, 6) is 0.0729. The van der Waals surface area contributed by atoms with Crippen LogP contribution in [0.2, 0.25) is 0 Å². The van der Waals surface area contributed by atoms with Crippen molar-refractivity contribution in [1.29, 1.82) is 0 Å². The molecule has 4 heteroatoms. The molecule has 4 nitrogen and oxygen atoms in total. The Morgan fingerprint density at radius 2 is 2.05 bits per heavy atom. The minimum Gasteiger partial charge on any atom is -0.466 e. The van der Waals surface area contributed by atoms with Gasteiger partial charge in [-0.05, 0) is 32.4 Å². The van der Waals surface area contributed by atoms with Crippen LogP contribution < -0.4 is 0 Å². The maximum atomic E-state index is 12.2. The number of nitrogens with zero attached hydrogens (tertiary/aromatic N) is 1. The molecule has 0 aromatic heterocycles. The van der Waals surface area contributed by atoms with E-state index in [1.165, 1.54) is 0 Å². The van der Waals surface area contributed by atoms with Gasteiger partial charge in [0, 0.05) is 13.0 Å². The largest absolute Gasteiger partial charge is 0.466 e. The van der Waals surface area contributed by atoms with Crippen LogP contribution in [-0.2, 0) is 20.7 Å². The number of carbonyl (C=O) groups is 2. The first-order valence-corrected chi connectivity index (χ1v) is 7.52. The lowest BCUT2D eigenvalue weighted by Gasteiger charge is -2.47. The topological polar surface area (TPSA) is 46.6 Å². The van der Waals surface area contributed by atoms with Gasteiger partial charge >= 0.3 is 5.97 Å². The minimum absolute atomic E-state index is 0.203. The summed E-state index contributed by atoms with van der Waals surface area (Å²) < 4.78 is 4.95. The predicted molar refractivity (Wildman–Crippen MR) is 81.0 cm³/mol. The molecule has 114 valence electrons. The number of esters is 1. The van der Waals surface area contributed by atoms with Gasteiger partial charge in [0.1, 0.15) is 0 Å². The maximum Gasteiger partial charge on any atom is 0.307 e. The number of hydrogen-bond donors (Lipinski definition) is 0. The van der Waals surface area contributed by atoms with Gasteiger partial charge in [-0.1, -0.05) is 30.3 Å². The molecule has 1 atom stereocenters. The predicted octanol–water partition coefficient (Wildman–Crippen LogP) is 2.22. The van der Waals surface area contributed by atoms with E-state index in [1.807, 2.05) is 42.3 Å². The number of likely N-dealkylation sites (N-methyl/N-ethyl adjacent to an activating group) is 1. The summed E-state index contributed by atoms with van der Waals surface area (Å²) in [6.45, 7) is 2.75. The molecule has 1 fully saturated rings. The SMILES string of the molecule is CCOC(=O)CCN(C)C1(Cc2ccccc2)CCC1=O. The summed E-state index contributed by atoms with van der Waals surface area (Å²) in [5, 5.41) is 0. The van der Waals surface area contributed by atoms with Crippen LogP contribution in [0.4, 0.5) is 0 Å². The molecule has 0 heterocycles. The molecule has 1 aromatic carbocycles. The van der Waals surface area contributed by atoms with Crippen molar-refractivity contribution >= 4 is 11.8 Å². The van der Waals surface area contributed by atoms with Crippen LogP contribution in [0.25, 0.3) is 0 Å². The molecule has 1 aromatic rings. The Kier molecular flexibility index (Phi) is 5.12. The van der Waals surface area contributed by atoms with Gasteiger partial charge in [0.2, 0.25) is 0 Å². The number of carbonyl (C=O) groups excluding carboxylic acids is 2. The molecule has 21 heavy (non-hydrogen) atoms. The molecule has 0 bridgehead atoms. The third kappa shape index (κ3) is 3.50. The molecule has 1 unspecified atom stereocenters. The highest BCUT2D eigenvalue weighted by Gasteiger charge is 2.48. The molecule has 1 aliphatic carbocycles. The minimum atomic E-state index is -0.437. The van der Waals surface area contributed by atoms with Gasteiger partial charge in [0.15, 0.2) is 5.78 Å². The van der Waals surface area contributed by atoms with Crippen molar-refractivity contribution in [3.63, 3.8) is 0 Å². The van der Waals surface area contributed by atoms with Crippen LogP contribution in [0.15, 0.2) is 30.3 Å². The first kappa shape index (κ1) is 15.7. The quantitative estimate of drug-likeness (QED) is 0.722. The third-order valence-corrected chi connectivity index (χ3v) is 4.31. The highest BCUT2D eigenvalue weighted by atomic mass is 16.5. The Bertz CT molecular complexity index is 500. The van der Waals surface area contributed by atoms with Crippen LogP contribution >= 0.6 is 0 Å². The molecule has 0 spiro atoms. The second-order valence-corrected chi connectivity index (χ2v) is 5.59. The highest BCUT2D eigenvalue weighted by Crippen LogP contribution is 2.36. The van der Waals surface area contributed by atoms with E-state index in [1.54, 1.807) is 6.92 Å². The van der Waals surface area contributed by atoms with E-state index in [2.05, 4.69) is 0 Å². The van der Waals surface area contributed by atoms with Crippen molar-refractivity contribution in [2.45, 2.75) is 38.1 Å². The summed E-state index contributed by atoms with van der Waals surface area (Å²) in [7, 11) is 1.93. The Hall–Kier alpha value is -1.68. The first-order valence-electron chi connectivity index (χ1n) is 7.52. The molecule has 1 aliphatic rings. The van der Waals surface area contributed by atoms with Crippen LogP contribution in [-0.4, -0.2) is 42.4 Å². The van der Waals surface area contributed by atoms with E-state index in [4.69, 9.17) is 4.74 Å². The number of rotatable bonds is 7. The Morgan fingerprint density at radius 3 is 2.57 bits per heavy atom. The van der Waals surface area contributed by atoms with E-state index in [9.17, 15) is 9.59 Å². The number of ketones is 1. The number of benzene rings is 1. The number of hydrogen-bond acceptors (Lipinski definition) is 4. The zero-order valence-corrected chi connectivity index (χ0v) is 12.8. The molecule has 0 radical (unpaired) electrons. The molecule has 0 aliphatic heterocycles. The standard InChI is InChI=1S/C17H23NO3/c1-3-21-16(20)10-12-18(2)17(11-9-15(17)19)13-14-7-5-4-6-8-14/h4-8H,3,9-13H2,1-2H3. The molecule has 0 N–H and O–H groups in total. The van der Waals surface area contributed by atoms with Gasteiger partial charge in [0.05, 0.1) is 18.6 Å². The zero-order valence-electron chi connectivity index (χ0n) is 12.8. The fourth-order valence-corrected chi connectivity index (χ4v) is 2.88. The summed E-state index contributed by atoms with van der Waals surface area (Å²) in [5.41, 5.74) is 0.724. The normalized spacial score (nSPS) is 21.2. The second kappa shape index (κ2) is 6.85. The molecular weight excluding hydrogens is 266 g/mol. The Labute approximate surface area is 126 Å². The smallest absolute Gasteiger partial charge is 0.307 e. The van der Waals surface area contributed by atoms with E-state index in [0.717, 1.165) is 12.0 Å². The Balaban J connectivity index is 2.01. The summed E-state index contributed by atoms with van der Waals surface area (Å²) in [6.07, 6.45) is 2.54. The van der Waals surface area contributed by atoms with Gasteiger partial charge in [0.25, 0.3) is 0 Å². The van der Waals surface area contributed by atoms with E-state index in [0.29, 0.717) is 32.4 Å². The highest BCUT2D eigenvalue weighted by molar-refractivity contribution is 5.94. The second-order valence-electron chi connectivity index (χ2n) is 5.59. The summed E-state index contributed by atoms with van der Waals surface area (Å²) in [4.78, 5) is 25.7. The Morgan fingerprint density at radius 1 is 1.33 bits per heavy atom. The molecule has 1 saturated carbocycles. The lowest BCUT2D eigenvalue weighted by atomic mass is 9.70. The van der Waals surface area contributed by atoms with Crippen molar-refractivity contribution < 1.29 is 14.3 Å². The van der Waals surface area contributed by atoms with Crippen LogP contribution in [0, 0.1) is 0 Å². The molecule has 2 rings (SSSR count). The average molecular weight is 289 g/mol. The summed E-state index contributed by atoms with van der Waals surface area (Å²) >= 11 is 0. The van der Waals surface area contributed by atoms with E-state index >= 15 is 0 Å². The fraction of sp³-hybridized carbons (Fsp3) is 0.529. The van der Waals surface area contributed by atoms with Gasteiger partial charge in [-0.2, -0.15) is 0 Å². The third-order valence-electron chi connectivity index (χ3n) is 4.31. The van der Waals surface area contributed by atoms with Gasteiger partial charge in [-0.25, -0.2) is 0 Å². The van der Waals surface area contributed by atoms with E-state index in [-0.39, 0.29) is 11.8 Å². The molecular formula is C17H23NO3. The summed E-state index contributed by atoms with van der Waals surface area (Å²) in [6, 6.07) is 10.1. The van der Waals surface area contributed by atoms with Crippen molar-refractivity contribution in [3.8, 4) is 0 Å². The number of Topliss-reactive ketones (excluding diaryl/α,β-unsaturated/α-hetero) is 1. The lowest BCUT2D eigenvalue weighted by molar-refractivity contribution is -0.147. The van der Waals surface area contributed by atoms with Crippen molar-refractivity contribution in [3.05, 3.63) is 35.9 Å². The van der Waals surface area contributed by atoms with Gasteiger partial charge in [-0.15, -0.1) is 0 Å². The lowest BCUT2D eigenvalue weighted by Crippen LogP contribution is -2.61. The van der Waals surface area contributed by atoms with Crippen LogP contribution in [0.5, 0.6) is 0 Å². The van der Waals surface area contributed by atoms with E-state index < -0.39 is 5.54 Å². The van der Waals surface area contributed by atoms with Gasteiger partial charge < -0.3 is 4.74 Å². The van der Waals surface area contributed by atoms with Crippen molar-refractivity contribution in [1.82, 2.24) is 4.90 Å². The van der Waals surface area contributed by atoms with Crippen molar-refractivity contribution in [2.75, 3.05) is 20.2 Å². The van der Waals surface area contributed by atoms with Gasteiger partial charge in [-0.3, -0.25) is 14.5 Å². The first-order chi connectivity index (χ1) is 10.1.